The van der Waals surface area contributed by atoms with Crippen LogP contribution in [0.2, 0.25) is 0 Å². The van der Waals surface area contributed by atoms with Gasteiger partial charge in [-0.15, -0.1) is 0 Å². The Morgan fingerprint density at radius 1 is 1.20 bits per heavy atom. The van der Waals surface area contributed by atoms with Crippen LogP contribution in [0.25, 0.3) is 0 Å². The van der Waals surface area contributed by atoms with Gasteiger partial charge < -0.3 is 4.74 Å². The summed E-state index contributed by atoms with van der Waals surface area (Å²) in [5.41, 5.74) is -0.810. The monoisotopic (exact) mass is 288 g/mol. The lowest BCUT2D eigenvalue weighted by molar-refractivity contribution is -0.131. The van der Waals surface area contributed by atoms with Crippen molar-refractivity contribution in [3.05, 3.63) is 34.1 Å². The Balaban J connectivity index is 3.40. The summed E-state index contributed by atoms with van der Waals surface area (Å²) in [7, 11) is 0.945. The molecule has 0 bridgehead atoms. The molecule has 1 aliphatic rings. The number of allylic oxidation sites excluding steroid dienone is 5. The van der Waals surface area contributed by atoms with E-state index in [9.17, 15) is 22.8 Å². The number of rotatable bonds is 3. The lowest BCUT2D eigenvalue weighted by atomic mass is 9.86. The highest BCUT2D eigenvalue weighted by Crippen LogP contribution is 2.37. The maximum Gasteiger partial charge on any atom is 0.423 e. The van der Waals surface area contributed by atoms with Crippen LogP contribution in [0.5, 0.6) is 0 Å². The minimum absolute atomic E-state index is 0.00245. The number of halogens is 3. The Kier molecular flexibility index (Phi) is 4.57. The van der Waals surface area contributed by atoms with E-state index in [2.05, 4.69) is 4.74 Å². The molecule has 0 saturated heterocycles. The predicted octanol–water partition coefficient (Wildman–Crippen LogP) is 3.27. The number of hydrogen-bond donors (Lipinski definition) is 0. The number of hydrogen-bond acceptors (Lipinski definition) is 3. The Labute approximate surface area is 114 Å². The van der Waals surface area contributed by atoms with Crippen LogP contribution in [0.1, 0.15) is 27.2 Å². The third kappa shape index (κ3) is 3.00. The zero-order valence-electron chi connectivity index (χ0n) is 11.6. The van der Waals surface area contributed by atoms with E-state index in [1.54, 1.807) is 19.9 Å². The molecule has 0 aromatic heterocycles. The van der Waals surface area contributed by atoms with Crippen molar-refractivity contribution in [3.63, 3.8) is 0 Å². The first-order valence-electron chi connectivity index (χ1n) is 5.89. The first-order valence-corrected chi connectivity index (χ1v) is 5.89. The van der Waals surface area contributed by atoms with Gasteiger partial charge in [-0.2, -0.15) is 13.2 Å². The van der Waals surface area contributed by atoms with Gasteiger partial charge in [-0.05, 0) is 27.2 Å². The van der Waals surface area contributed by atoms with Gasteiger partial charge in [0, 0.05) is 11.1 Å². The fraction of sp³-hybridized carbons (Fsp3) is 0.429. The zero-order valence-corrected chi connectivity index (χ0v) is 11.6. The van der Waals surface area contributed by atoms with Gasteiger partial charge in [-0.25, -0.2) is 0 Å². The van der Waals surface area contributed by atoms with E-state index in [4.69, 9.17) is 0 Å². The van der Waals surface area contributed by atoms with Crippen molar-refractivity contribution < 1.29 is 27.5 Å². The second kappa shape index (κ2) is 5.64. The highest BCUT2D eigenvalue weighted by atomic mass is 19.4. The standard InChI is InChI=1S/C14H15F3O3/c1-7(2)5-6-9-8(3)11(18)13(20-4)10(12(9)19)14(15,16)17/h5H,6H2,1-4H3. The Morgan fingerprint density at radius 2 is 1.75 bits per heavy atom. The average molecular weight is 288 g/mol. The fourth-order valence-corrected chi connectivity index (χ4v) is 1.85. The summed E-state index contributed by atoms with van der Waals surface area (Å²) in [4.78, 5) is 23.9. The molecule has 0 N–H and O–H groups in total. The molecule has 0 amide bonds. The Morgan fingerprint density at radius 3 is 2.15 bits per heavy atom. The molecular formula is C14H15F3O3. The van der Waals surface area contributed by atoms with Gasteiger partial charge >= 0.3 is 6.18 Å². The molecule has 0 radical (unpaired) electrons. The van der Waals surface area contributed by atoms with Crippen molar-refractivity contribution in [2.45, 2.75) is 33.4 Å². The fourth-order valence-electron chi connectivity index (χ4n) is 1.85. The minimum Gasteiger partial charge on any atom is -0.492 e. The van der Waals surface area contributed by atoms with Crippen molar-refractivity contribution in [2.24, 2.45) is 0 Å². The first-order chi connectivity index (χ1) is 9.11. The summed E-state index contributed by atoms with van der Waals surface area (Å²) in [6.07, 6.45) is -3.32. The summed E-state index contributed by atoms with van der Waals surface area (Å²) in [6, 6.07) is 0. The Bertz CT molecular complexity index is 545. The normalized spacial score (nSPS) is 16.8. The molecule has 6 heteroatoms. The van der Waals surface area contributed by atoms with Crippen LogP contribution < -0.4 is 0 Å². The largest absolute Gasteiger partial charge is 0.492 e. The van der Waals surface area contributed by atoms with Gasteiger partial charge in [0.05, 0.1) is 7.11 Å². The molecular weight excluding hydrogens is 273 g/mol. The van der Waals surface area contributed by atoms with E-state index < -0.39 is 29.1 Å². The van der Waals surface area contributed by atoms with E-state index in [0.717, 1.165) is 12.7 Å². The van der Waals surface area contributed by atoms with Crippen molar-refractivity contribution in [2.75, 3.05) is 7.11 Å². The van der Waals surface area contributed by atoms with Crippen LogP contribution in [0.15, 0.2) is 34.1 Å². The van der Waals surface area contributed by atoms with Crippen LogP contribution in [0.4, 0.5) is 13.2 Å². The average Bonchev–Trinajstić information content (AvgIpc) is 2.31. The Hall–Kier alpha value is -1.85. The lowest BCUT2D eigenvalue weighted by Gasteiger charge is -2.22. The number of carbonyl (C=O) groups is 2. The number of ketones is 2. The molecule has 1 aliphatic carbocycles. The van der Waals surface area contributed by atoms with Gasteiger partial charge in [-0.1, -0.05) is 11.6 Å². The van der Waals surface area contributed by atoms with Crippen molar-refractivity contribution in [1.82, 2.24) is 0 Å². The minimum atomic E-state index is -4.92. The SMILES string of the molecule is COC1=C(C(F)(F)F)C(=O)C(CC=C(C)C)=C(C)C1=O. The molecule has 0 unspecified atom stereocenters. The molecule has 0 saturated carbocycles. The van der Waals surface area contributed by atoms with E-state index in [0.29, 0.717) is 0 Å². The topological polar surface area (TPSA) is 43.4 Å². The molecule has 3 nitrogen and oxygen atoms in total. The molecule has 20 heavy (non-hydrogen) atoms. The van der Waals surface area contributed by atoms with E-state index in [-0.39, 0.29) is 17.6 Å². The third-order valence-electron chi connectivity index (χ3n) is 2.93. The van der Waals surface area contributed by atoms with E-state index in [1.165, 1.54) is 6.92 Å². The molecule has 0 atom stereocenters. The molecule has 0 fully saturated rings. The number of methoxy groups -OCH3 is 1. The van der Waals surface area contributed by atoms with Crippen molar-refractivity contribution in [3.8, 4) is 0 Å². The van der Waals surface area contributed by atoms with Crippen LogP contribution in [-0.4, -0.2) is 24.9 Å². The van der Waals surface area contributed by atoms with E-state index in [1.807, 2.05) is 0 Å². The summed E-state index contributed by atoms with van der Waals surface area (Å²) in [6.45, 7) is 4.85. The molecule has 1 rings (SSSR count). The summed E-state index contributed by atoms with van der Waals surface area (Å²) in [5, 5.41) is 0. The number of alkyl halides is 3. The van der Waals surface area contributed by atoms with Crippen LogP contribution >= 0.6 is 0 Å². The number of Topliss-reactive ketones (excluding diaryl/α,β-unsaturated/α-hetero) is 2. The van der Waals surface area contributed by atoms with Gasteiger partial charge in [0.2, 0.25) is 5.78 Å². The van der Waals surface area contributed by atoms with E-state index >= 15 is 0 Å². The lowest BCUT2D eigenvalue weighted by Crippen LogP contribution is -2.31. The van der Waals surface area contributed by atoms with Crippen LogP contribution in [-0.2, 0) is 14.3 Å². The highest BCUT2D eigenvalue weighted by molar-refractivity contribution is 6.24. The summed E-state index contributed by atoms with van der Waals surface area (Å²) in [5.74, 6) is -3.01. The number of carbonyl (C=O) groups excluding carboxylic acids is 2. The highest BCUT2D eigenvalue weighted by Gasteiger charge is 2.47. The first kappa shape index (κ1) is 16.2. The smallest absolute Gasteiger partial charge is 0.423 e. The van der Waals surface area contributed by atoms with Gasteiger partial charge in [-0.3, -0.25) is 9.59 Å². The van der Waals surface area contributed by atoms with Gasteiger partial charge in [0.25, 0.3) is 0 Å². The van der Waals surface area contributed by atoms with Gasteiger partial charge in [0.1, 0.15) is 5.57 Å². The zero-order chi connectivity index (χ0) is 15.7. The van der Waals surface area contributed by atoms with Crippen LogP contribution in [0.3, 0.4) is 0 Å². The van der Waals surface area contributed by atoms with Crippen LogP contribution in [0, 0.1) is 0 Å². The van der Waals surface area contributed by atoms with Crippen molar-refractivity contribution >= 4 is 11.6 Å². The maximum absolute atomic E-state index is 13.0. The second-order valence-corrected chi connectivity index (χ2v) is 4.65. The maximum atomic E-state index is 13.0. The molecule has 0 heterocycles. The second-order valence-electron chi connectivity index (χ2n) is 4.65. The van der Waals surface area contributed by atoms with Crippen molar-refractivity contribution in [1.29, 1.82) is 0 Å². The summed E-state index contributed by atoms with van der Waals surface area (Å²) >= 11 is 0. The summed E-state index contributed by atoms with van der Waals surface area (Å²) < 4.78 is 43.4. The molecule has 0 aromatic carbocycles. The van der Waals surface area contributed by atoms with Gasteiger partial charge in [0.15, 0.2) is 11.5 Å². The predicted molar refractivity (Wildman–Crippen MR) is 66.9 cm³/mol. The molecule has 0 spiro atoms. The quantitative estimate of drug-likeness (QED) is 0.591. The number of ether oxygens (including phenoxy) is 1. The molecule has 0 aliphatic heterocycles. The molecule has 0 aromatic rings. The third-order valence-corrected chi connectivity index (χ3v) is 2.93. The molecule has 110 valence electrons.